The molecule has 3 heterocycles. The van der Waals surface area contributed by atoms with E-state index >= 15 is 0 Å². The number of allylic oxidation sites excluding steroid dienone is 1. The van der Waals surface area contributed by atoms with Crippen molar-refractivity contribution in [2.24, 2.45) is 4.99 Å². The maximum atomic E-state index is 13.6. The minimum atomic E-state index is -3.79. The summed E-state index contributed by atoms with van der Waals surface area (Å²) in [6.07, 6.45) is 2.27. The lowest BCUT2D eigenvalue weighted by atomic mass is 10.0. The first-order chi connectivity index (χ1) is 24.0. The molecule has 1 aliphatic heterocycles. The van der Waals surface area contributed by atoms with Crippen LogP contribution in [0.15, 0.2) is 154 Å². The van der Waals surface area contributed by atoms with E-state index in [9.17, 15) is 8.42 Å². The normalized spacial score (nSPS) is 13.3. The molecule has 8 aromatic rings. The molecule has 7 heteroatoms. The lowest BCUT2D eigenvalue weighted by molar-refractivity contribution is 0.596. The topological polar surface area (TPSA) is 80.1 Å². The highest BCUT2D eigenvalue weighted by molar-refractivity contribution is 7.91. The van der Waals surface area contributed by atoms with Crippen LogP contribution in [0.5, 0.6) is 0 Å². The zero-order valence-electron chi connectivity index (χ0n) is 25.9. The fraction of sp³-hybridized carbons (Fsp3) is 0. The van der Waals surface area contributed by atoms with E-state index in [1.54, 1.807) is 12.1 Å². The quantitative estimate of drug-likeness (QED) is 0.191. The fourth-order valence-corrected chi connectivity index (χ4v) is 8.82. The van der Waals surface area contributed by atoms with Gasteiger partial charge < -0.3 is 9.13 Å². The molecule has 1 aliphatic carbocycles. The van der Waals surface area contributed by atoms with Crippen LogP contribution in [0.3, 0.4) is 0 Å². The van der Waals surface area contributed by atoms with Gasteiger partial charge in [-0.15, -0.1) is 0 Å². The summed E-state index contributed by atoms with van der Waals surface area (Å²) in [6.45, 7) is 0. The van der Waals surface area contributed by atoms with Crippen molar-refractivity contribution in [3.63, 3.8) is 0 Å². The Balaban J connectivity index is 1.24. The van der Waals surface area contributed by atoms with Gasteiger partial charge in [-0.25, -0.2) is 13.4 Å². The molecule has 0 saturated carbocycles. The Kier molecular flexibility index (Phi) is 5.64. The number of fused-ring (bicyclic) bond motifs is 11. The van der Waals surface area contributed by atoms with Crippen molar-refractivity contribution in [3.8, 4) is 17.4 Å². The zero-order chi connectivity index (χ0) is 32.9. The molecule has 0 atom stereocenters. The van der Waals surface area contributed by atoms with Gasteiger partial charge in [0.1, 0.15) is 0 Å². The van der Waals surface area contributed by atoms with E-state index in [1.807, 2.05) is 42.5 Å². The molecular weight excluding hydrogens is 625 g/mol. The van der Waals surface area contributed by atoms with Gasteiger partial charge in [-0.1, -0.05) is 54.6 Å². The van der Waals surface area contributed by atoms with Gasteiger partial charge in [0, 0.05) is 44.2 Å². The third-order valence-electron chi connectivity index (χ3n) is 9.71. The average molecular weight is 649 g/mol. The highest BCUT2D eigenvalue weighted by Gasteiger charge is 2.35. The van der Waals surface area contributed by atoms with E-state index < -0.39 is 9.84 Å². The molecule has 0 saturated heterocycles. The van der Waals surface area contributed by atoms with Crippen LogP contribution < -0.4 is 0 Å². The molecule has 0 unspecified atom stereocenters. The van der Waals surface area contributed by atoms with Crippen LogP contribution in [0.4, 0.5) is 5.69 Å². The summed E-state index contributed by atoms with van der Waals surface area (Å²) in [5.41, 5.74) is 11.8. The molecule has 6 aromatic carbocycles. The molecule has 0 fully saturated rings. The van der Waals surface area contributed by atoms with Crippen molar-refractivity contribution in [3.05, 3.63) is 162 Å². The van der Waals surface area contributed by atoms with E-state index in [0.717, 1.165) is 77.9 Å². The van der Waals surface area contributed by atoms with Gasteiger partial charge >= 0.3 is 0 Å². The Morgan fingerprint density at radius 3 is 1.98 bits per heavy atom. The van der Waals surface area contributed by atoms with Crippen LogP contribution in [-0.2, 0) is 9.84 Å². The summed E-state index contributed by atoms with van der Waals surface area (Å²) in [7, 11) is -3.79. The van der Waals surface area contributed by atoms with Crippen molar-refractivity contribution in [2.45, 2.75) is 9.79 Å². The van der Waals surface area contributed by atoms with Gasteiger partial charge in [0.15, 0.2) is 0 Å². The molecule has 0 radical (unpaired) electrons. The van der Waals surface area contributed by atoms with E-state index in [4.69, 9.17) is 10.3 Å². The first kappa shape index (κ1) is 27.6. The first-order valence-corrected chi connectivity index (χ1v) is 17.4. The van der Waals surface area contributed by atoms with Gasteiger partial charge in [-0.2, -0.15) is 5.26 Å². The smallest absolute Gasteiger partial charge is 0.206 e. The standard InChI is InChI=1S/C42H24N4O2S/c43-25-26-14-18-29(19-15-26)49(47,48)30-20-16-28(17-21-30)46-38-23-22-37-39(32-11-5-7-13-36(32)45(37)27-8-2-1-3-9-27)40(38)34-24-33-31-10-4-6-12-35(31)44-41(33)42(34)46/h1-24H. The predicted molar refractivity (Wildman–Crippen MR) is 195 cm³/mol. The van der Waals surface area contributed by atoms with Crippen molar-refractivity contribution in [1.29, 1.82) is 5.26 Å². The maximum absolute atomic E-state index is 13.6. The summed E-state index contributed by atoms with van der Waals surface area (Å²) in [6, 6.07) is 46.7. The summed E-state index contributed by atoms with van der Waals surface area (Å²) < 4.78 is 31.7. The molecule has 230 valence electrons. The molecule has 0 bridgehead atoms. The van der Waals surface area contributed by atoms with Crippen LogP contribution in [0.1, 0.15) is 22.4 Å². The Bertz CT molecular complexity index is 2920. The van der Waals surface area contributed by atoms with Gasteiger partial charge in [0.25, 0.3) is 0 Å². The highest BCUT2D eigenvalue weighted by atomic mass is 32.2. The lowest BCUT2D eigenvalue weighted by Crippen LogP contribution is -2.07. The van der Waals surface area contributed by atoms with E-state index in [-0.39, 0.29) is 9.79 Å². The number of hydrogen-bond acceptors (Lipinski definition) is 4. The second kappa shape index (κ2) is 10.0. The fourth-order valence-electron chi connectivity index (χ4n) is 7.56. The number of benzene rings is 6. The second-order valence-electron chi connectivity index (χ2n) is 12.3. The average Bonchev–Trinajstić information content (AvgIpc) is 3.88. The number of para-hydroxylation sites is 3. The van der Waals surface area contributed by atoms with E-state index in [1.165, 1.54) is 24.3 Å². The number of aliphatic imine (C=N–C) groups is 1. The molecule has 0 N–H and O–H groups in total. The number of sulfone groups is 1. The van der Waals surface area contributed by atoms with Crippen molar-refractivity contribution in [1.82, 2.24) is 9.13 Å². The summed E-state index contributed by atoms with van der Waals surface area (Å²) >= 11 is 0. The van der Waals surface area contributed by atoms with Crippen molar-refractivity contribution >= 4 is 65.6 Å². The SMILES string of the molecule is N#Cc1ccc(S(=O)(=O)c2ccc(-n3c4c(c5c6c7ccccc7n(-c7ccccc7)c6ccc53)C=C3C4=Nc4ccccc43)cc2)cc1. The predicted octanol–water partition coefficient (Wildman–Crippen LogP) is 9.42. The Hall–Kier alpha value is -6.49. The van der Waals surface area contributed by atoms with E-state index in [2.05, 4.69) is 81.9 Å². The molecule has 0 spiro atoms. The number of nitriles is 1. The first-order valence-electron chi connectivity index (χ1n) is 16.0. The summed E-state index contributed by atoms with van der Waals surface area (Å²) in [5.74, 6) is 0. The molecule has 49 heavy (non-hydrogen) atoms. The van der Waals surface area contributed by atoms with Gasteiger partial charge in [-0.3, -0.25) is 0 Å². The highest BCUT2D eigenvalue weighted by Crippen LogP contribution is 2.49. The minimum absolute atomic E-state index is 0.149. The van der Waals surface area contributed by atoms with Crippen LogP contribution in [0.2, 0.25) is 0 Å². The molecule has 10 rings (SSSR count). The molecular formula is C42H24N4O2S. The monoisotopic (exact) mass is 648 g/mol. The van der Waals surface area contributed by atoms with Crippen LogP contribution in [0, 0.1) is 11.3 Å². The molecule has 6 nitrogen and oxygen atoms in total. The largest absolute Gasteiger partial charge is 0.309 e. The molecule has 0 amide bonds. The van der Waals surface area contributed by atoms with Crippen LogP contribution in [0.25, 0.3) is 55.7 Å². The van der Waals surface area contributed by atoms with Crippen molar-refractivity contribution in [2.75, 3.05) is 0 Å². The van der Waals surface area contributed by atoms with Crippen LogP contribution in [-0.4, -0.2) is 23.3 Å². The van der Waals surface area contributed by atoms with Crippen LogP contribution >= 0.6 is 0 Å². The van der Waals surface area contributed by atoms with Gasteiger partial charge in [0.2, 0.25) is 9.84 Å². The third kappa shape index (κ3) is 3.80. The third-order valence-corrected chi connectivity index (χ3v) is 11.5. The Morgan fingerprint density at radius 2 is 1.22 bits per heavy atom. The van der Waals surface area contributed by atoms with Crippen molar-refractivity contribution < 1.29 is 8.42 Å². The number of hydrogen-bond donors (Lipinski definition) is 0. The number of nitrogens with zero attached hydrogens (tertiary/aromatic N) is 4. The van der Waals surface area contributed by atoms with Gasteiger partial charge in [0.05, 0.1) is 55.1 Å². The summed E-state index contributed by atoms with van der Waals surface area (Å²) in [4.78, 5) is 5.48. The van der Waals surface area contributed by atoms with Gasteiger partial charge in [-0.05, 0) is 91.0 Å². The molecule has 2 aliphatic rings. The number of rotatable bonds is 4. The Labute approximate surface area is 281 Å². The second-order valence-corrected chi connectivity index (χ2v) is 14.3. The molecule has 2 aromatic heterocycles. The summed E-state index contributed by atoms with van der Waals surface area (Å²) in [5, 5.41) is 12.6. The zero-order valence-corrected chi connectivity index (χ0v) is 26.7. The Morgan fingerprint density at radius 1 is 0.592 bits per heavy atom. The maximum Gasteiger partial charge on any atom is 0.206 e. The lowest BCUT2D eigenvalue weighted by Gasteiger charge is -2.13. The minimum Gasteiger partial charge on any atom is -0.309 e. The number of aromatic nitrogens is 2. The van der Waals surface area contributed by atoms with E-state index in [0.29, 0.717) is 5.56 Å².